The van der Waals surface area contributed by atoms with Gasteiger partial charge in [-0.2, -0.15) is 5.10 Å². The Balaban J connectivity index is 1.34. The van der Waals surface area contributed by atoms with Crippen LogP contribution < -0.4 is 5.32 Å². The number of anilines is 1. The molecule has 9 heteroatoms. The van der Waals surface area contributed by atoms with Crippen LogP contribution in [-0.4, -0.2) is 38.7 Å². The number of alkyl halides is 2. The number of aromatic nitrogens is 3. The Hall–Kier alpha value is -3.59. The maximum Gasteiger partial charge on any atom is 0.264 e. The van der Waals surface area contributed by atoms with Gasteiger partial charge in [0.25, 0.3) is 6.43 Å². The SMILES string of the molecule is Cc1nn(CC(=O)Nc2ccc(CN3CCCCC3)cc2)c2nc(-c3ccco3)cc(C(F)F)c12. The minimum atomic E-state index is -2.72. The molecule has 0 spiro atoms. The molecule has 7 nitrogen and oxygen atoms in total. The van der Waals surface area contributed by atoms with Crippen molar-refractivity contribution < 1.29 is 18.0 Å². The molecular formula is C26H27F2N5O2. The molecule has 4 heterocycles. The van der Waals surface area contributed by atoms with E-state index in [1.807, 2.05) is 24.3 Å². The van der Waals surface area contributed by atoms with E-state index in [-0.39, 0.29) is 34.7 Å². The van der Waals surface area contributed by atoms with Crippen LogP contribution >= 0.6 is 0 Å². The van der Waals surface area contributed by atoms with Crippen LogP contribution in [0.3, 0.4) is 0 Å². The molecule has 4 aromatic rings. The van der Waals surface area contributed by atoms with E-state index in [2.05, 4.69) is 20.3 Å². The highest BCUT2D eigenvalue weighted by atomic mass is 19.3. The number of carbonyl (C=O) groups is 1. The molecular weight excluding hydrogens is 452 g/mol. The first kappa shape index (κ1) is 23.2. The number of amides is 1. The number of benzene rings is 1. The highest BCUT2D eigenvalue weighted by Gasteiger charge is 2.22. The number of rotatable bonds is 7. The third-order valence-electron chi connectivity index (χ3n) is 6.30. The van der Waals surface area contributed by atoms with Gasteiger partial charge in [0, 0.05) is 17.8 Å². The number of nitrogens with zero attached hydrogens (tertiary/aromatic N) is 4. The Labute approximate surface area is 201 Å². The number of halogens is 2. The summed E-state index contributed by atoms with van der Waals surface area (Å²) < 4.78 is 34.4. The largest absolute Gasteiger partial charge is 0.463 e. The summed E-state index contributed by atoms with van der Waals surface area (Å²) in [5.74, 6) is 0.0512. The van der Waals surface area contributed by atoms with Gasteiger partial charge in [0.1, 0.15) is 12.2 Å². The second-order valence-electron chi connectivity index (χ2n) is 8.90. The number of nitrogens with one attached hydrogen (secondary N) is 1. The third-order valence-corrected chi connectivity index (χ3v) is 6.30. The van der Waals surface area contributed by atoms with E-state index in [0.717, 1.165) is 19.6 Å². The summed E-state index contributed by atoms with van der Waals surface area (Å²) in [5.41, 5.74) is 2.57. The Kier molecular flexibility index (Phi) is 6.59. The van der Waals surface area contributed by atoms with Gasteiger partial charge in [-0.3, -0.25) is 9.69 Å². The van der Waals surface area contributed by atoms with Crippen LogP contribution in [0.25, 0.3) is 22.5 Å². The van der Waals surface area contributed by atoms with Crippen molar-refractivity contribution in [1.82, 2.24) is 19.7 Å². The van der Waals surface area contributed by atoms with Crippen molar-refractivity contribution in [2.75, 3.05) is 18.4 Å². The summed E-state index contributed by atoms with van der Waals surface area (Å²) in [6, 6.07) is 12.4. The van der Waals surface area contributed by atoms with E-state index in [0.29, 0.717) is 17.1 Å². The van der Waals surface area contributed by atoms with Crippen LogP contribution in [0.15, 0.2) is 53.1 Å². The van der Waals surface area contributed by atoms with Gasteiger partial charge in [0.05, 0.1) is 17.3 Å². The Bertz CT molecular complexity index is 1310. The van der Waals surface area contributed by atoms with Crippen LogP contribution in [0.1, 0.15) is 42.5 Å². The fourth-order valence-corrected chi connectivity index (χ4v) is 4.63. The molecule has 0 saturated carbocycles. The molecule has 0 aliphatic carbocycles. The van der Waals surface area contributed by atoms with E-state index in [1.54, 1.807) is 19.1 Å². The van der Waals surface area contributed by atoms with Crippen LogP contribution in [0.4, 0.5) is 14.5 Å². The first-order valence-electron chi connectivity index (χ1n) is 11.8. The average molecular weight is 480 g/mol. The molecule has 1 aliphatic rings. The molecule has 5 rings (SSSR count). The molecule has 1 fully saturated rings. The Morgan fingerprint density at radius 1 is 1.14 bits per heavy atom. The van der Waals surface area contributed by atoms with Crippen molar-refractivity contribution in [3.05, 3.63) is 65.5 Å². The number of furan rings is 1. The zero-order chi connectivity index (χ0) is 24.4. The van der Waals surface area contributed by atoms with Gasteiger partial charge in [-0.25, -0.2) is 18.4 Å². The van der Waals surface area contributed by atoms with Crippen molar-refractivity contribution in [2.45, 2.75) is 45.7 Å². The molecule has 35 heavy (non-hydrogen) atoms. The topological polar surface area (TPSA) is 76.2 Å². The summed E-state index contributed by atoms with van der Waals surface area (Å²) >= 11 is 0. The zero-order valence-corrected chi connectivity index (χ0v) is 19.5. The second-order valence-corrected chi connectivity index (χ2v) is 8.90. The molecule has 1 amide bonds. The van der Waals surface area contributed by atoms with Gasteiger partial charge >= 0.3 is 0 Å². The molecule has 1 aromatic carbocycles. The number of pyridine rings is 1. The molecule has 1 saturated heterocycles. The fourth-order valence-electron chi connectivity index (χ4n) is 4.63. The maximum absolute atomic E-state index is 13.9. The quantitative estimate of drug-likeness (QED) is 0.376. The van der Waals surface area contributed by atoms with Crippen molar-refractivity contribution >= 4 is 22.6 Å². The summed E-state index contributed by atoms with van der Waals surface area (Å²) in [5, 5.41) is 7.46. The lowest BCUT2D eigenvalue weighted by atomic mass is 10.1. The minimum Gasteiger partial charge on any atom is -0.463 e. The number of fused-ring (bicyclic) bond motifs is 1. The number of carbonyl (C=O) groups excluding carboxylic acids is 1. The van der Waals surface area contributed by atoms with Crippen molar-refractivity contribution in [3.63, 3.8) is 0 Å². The lowest BCUT2D eigenvalue weighted by Gasteiger charge is -2.26. The molecule has 182 valence electrons. The summed E-state index contributed by atoms with van der Waals surface area (Å²) in [7, 11) is 0. The van der Waals surface area contributed by atoms with Gasteiger partial charge in [-0.05, 0) is 68.8 Å². The average Bonchev–Trinajstić information content (AvgIpc) is 3.49. The van der Waals surface area contributed by atoms with Crippen LogP contribution in [0.2, 0.25) is 0 Å². The molecule has 1 N–H and O–H groups in total. The van der Waals surface area contributed by atoms with Crippen molar-refractivity contribution in [3.8, 4) is 11.5 Å². The standard InChI is InChI=1S/C26H27F2N5O2/c1-17-24-20(25(27)28)14-21(22-6-5-13-35-22)30-26(24)33(31-17)16-23(34)29-19-9-7-18(8-10-19)15-32-11-3-2-4-12-32/h5-10,13-14,25H,2-4,11-12,15-16H2,1H3,(H,29,34). The number of aryl methyl sites for hydroxylation is 1. The highest BCUT2D eigenvalue weighted by molar-refractivity contribution is 5.92. The van der Waals surface area contributed by atoms with Gasteiger partial charge in [0.15, 0.2) is 11.4 Å². The van der Waals surface area contributed by atoms with E-state index in [9.17, 15) is 13.6 Å². The Morgan fingerprint density at radius 2 is 1.91 bits per heavy atom. The van der Waals surface area contributed by atoms with Crippen LogP contribution in [0.5, 0.6) is 0 Å². The van der Waals surface area contributed by atoms with E-state index < -0.39 is 6.43 Å². The lowest BCUT2D eigenvalue weighted by molar-refractivity contribution is -0.116. The lowest BCUT2D eigenvalue weighted by Crippen LogP contribution is -2.29. The van der Waals surface area contributed by atoms with Crippen LogP contribution in [0, 0.1) is 6.92 Å². The zero-order valence-electron chi connectivity index (χ0n) is 19.5. The molecule has 0 radical (unpaired) electrons. The molecule has 0 unspecified atom stereocenters. The molecule has 1 aliphatic heterocycles. The molecule has 0 atom stereocenters. The monoisotopic (exact) mass is 479 g/mol. The summed E-state index contributed by atoms with van der Waals surface area (Å²) in [6.07, 6.45) is 2.52. The van der Waals surface area contributed by atoms with Gasteiger partial charge in [-0.15, -0.1) is 0 Å². The normalized spacial score (nSPS) is 14.6. The van der Waals surface area contributed by atoms with Crippen molar-refractivity contribution in [2.24, 2.45) is 0 Å². The summed E-state index contributed by atoms with van der Waals surface area (Å²) in [6.45, 7) is 4.63. The number of piperidine rings is 1. The smallest absolute Gasteiger partial charge is 0.264 e. The van der Waals surface area contributed by atoms with Gasteiger partial charge in [-0.1, -0.05) is 18.6 Å². The highest BCUT2D eigenvalue weighted by Crippen LogP contribution is 2.33. The van der Waals surface area contributed by atoms with E-state index in [1.165, 1.54) is 41.8 Å². The maximum atomic E-state index is 13.9. The predicted octanol–water partition coefficient (Wildman–Crippen LogP) is 5.56. The first-order valence-corrected chi connectivity index (χ1v) is 11.8. The number of hydrogen-bond acceptors (Lipinski definition) is 5. The fraction of sp³-hybridized carbons (Fsp3) is 0.346. The number of likely N-dealkylation sites (tertiary alicyclic amines) is 1. The third kappa shape index (κ3) is 5.09. The van der Waals surface area contributed by atoms with Gasteiger partial charge < -0.3 is 9.73 Å². The first-order chi connectivity index (χ1) is 17.0. The van der Waals surface area contributed by atoms with Gasteiger partial charge in [0.2, 0.25) is 5.91 Å². The molecule has 0 bridgehead atoms. The van der Waals surface area contributed by atoms with Crippen LogP contribution in [-0.2, 0) is 17.9 Å². The second kappa shape index (κ2) is 9.95. The van der Waals surface area contributed by atoms with Crippen molar-refractivity contribution in [1.29, 1.82) is 0 Å². The Morgan fingerprint density at radius 3 is 2.60 bits per heavy atom. The number of hydrogen-bond donors (Lipinski definition) is 1. The van der Waals surface area contributed by atoms with E-state index in [4.69, 9.17) is 4.42 Å². The summed E-state index contributed by atoms with van der Waals surface area (Å²) in [4.78, 5) is 19.7. The van der Waals surface area contributed by atoms with E-state index >= 15 is 0 Å². The molecule has 3 aromatic heterocycles. The minimum absolute atomic E-state index is 0.156. The predicted molar refractivity (Wildman–Crippen MR) is 129 cm³/mol.